The van der Waals surface area contributed by atoms with Crippen LogP contribution in [0.15, 0.2) is 261 Å². The van der Waals surface area contributed by atoms with E-state index in [9.17, 15) is 0 Å². The zero-order chi connectivity index (χ0) is 43.5. The number of fused-ring (bicyclic) bond motifs is 2. The number of anilines is 6. The van der Waals surface area contributed by atoms with Gasteiger partial charge in [0.25, 0.3) is 0 Å². The minimum absolute atomic E-state index is 1.10. The van der Waals surface area contributed by atoms with Crippen LogP contribution < -0.4 is 9.80 Å². The van der Waals surface area contributed by atoms with Crippen LogP contribution in [-0.2, 0) is 0 Å². The SMILES string of the molecule is Cc1ccc(-c2ccc(N(c3ccc(-c4ccccc4)cc3)c3cccc4ccccc34)cc2)c(-c2ccc(N(c3ccc(-c4ccccc4)cc3)c3cccc4ccccc34)cc2)c1. The molecule has 0 aliphatic heterocycles. The van der Waals surface area contributed by atoms with Gasteiger partial charge in [0.2, 0.25) is 0 Å². The summed E-state index contributed by atoms with van der Waals surface area (Å²) in [6.45, 7) is 2.18. The van der Waals surface area contributed by atoms with Gasteiger partial charge in [0.05, 0.1) is 11.4 Å². The molecule has 0 saturated heterocycles. The third-order valence-corrected chi connectivity index (χ3v) is 12.5. The van der Waals surface area contributed by atoms with Gasteiger partial charge in [-0.2, -0.15) is 0 Å². The van der Waals surface area contributed by atoms with Crippen LogP contribution in [0, 0.1) is 6.92 Å². The maximum atomic E-state index is 2.38. The van der Waals surface area contributed by atoms with Crippen LogP contribution in [-0.4, -0.2) is 0 Å². The smallest absolute Gasteiger partial charge is 0.0540 e. The molecule has 0 spiro atoms. The summed E-state index contributed by atoms with van der Waals surface area (Å²) in [7, 11) is 0. The normalized spacial score (nSPS) is 11.2. The third kappa shape index (κ3) is 7.84. The van der Waals surface area contributed by atoms with Crippen LogP contribution in [0.5, 0.6) is 0 Å². The molecule has 0 aliphatic carbocycles. The van der Waals surface area contributed by atoms with Crippen molar-refractivity contribution >= 4 is 55.7 Å². The largest absolute Gasteiger partial charge is 0.310 e. The fourth-order valence-corrected chi connectivity index (χ4v) is 9.26. The first-order valence-corrected chi connectivity index (χ1v) is 22.3. The third-order valence-electron chi connectivity index (χ3n) is 12.5. The van der Waals surface area contributed by atoms with Crippen molar-refractivity contribution in [1.82, 2.24) is 0 Å². The molecule has 2 heteroatoms. The highest BCUT2D eigenvalue weighted by atomic mass is 15.1. The fraction of sp³-hybridized carbons (Fsp3) is 0.0159. The van der Waals surface area contributed by atoms with Crippen molar-refractivity contribution in [3.63, 3.8) is 0 Å². The van der Waals surface area contributed by atoms with E-state index < -0.39 is 0 Å². The van der Waals surface area contributed by atoms with Gasteiger partial charge < -0.3 is 9.80 Å². The van der Waals surface area contributed by atoms with E-state index in [1.165, 1.54) is 71.6 Å². The van der Waals surface area contributed by atoms with E-state index in [4.69, 9.17) is 0 Å². The monoisotopic (exact) mass is 830 g/mol. The average molecular weight is 831 g/mol. The Morgan fingerprint density at radius 3 is 1.02 bits per heavy atom. The number of aryl methyl sites for hydroxylation is 1. The molecule has 0 bridgehead atoms. The lowest BCUT2D eigenvalue weighted by molar-refractivity contribution is 1.30. The second-order valence-electron chi connectivity index (χ2n) is 16.6. The first kappa shape index (κ1) is 39.4. The van der Waals surface area contributed by atoms with Gasteiger partial charge in [-0.25, -0.2) is 0 Å². The molecule has 0 fully saturated rings. The minimum atomic E-state index is 1.10. The lowest BCUT2D eigenvalue weighted by atomic mass is 9.92. The Morgan fingerprint density at radius 2 is 0.585 bits per heavy atom. The van der Waals surface area contributed by atoms with Crippen molar-refractivity contribution in [2.45, 2.75) is 6.92 Å². The van der Waals surface area contributed by atoms with E-state index in [0.717, 1.165) is 34.1 Å². The predicted molar refractivity (Wildman–Crippen MR) is 277 cm³/mol. The van der Waals surface area contributed by atoms with E-state index in [0.29, 0.717) is 0 Å². The van der Waals surface area contributed by atoms with Crippen LogP contribution in [0.1, 0.15) is 5.56 Å². The lowest BCUT2D eigenvalue weighted by Crippen LogP contribution is -2.10. The Bertz CT molecular complexity index is 3380. The number of hydrogen-bond donors (Lipinski definition) is 0. The summed E-state index contributed by atoms with van der Waals surface area (Å²) in [5.74, 6) is 0. The van der Waals surface area contributed by atoms with Gasteiger partial charge in [-0.05, 0) is 123 Å². The van der Waals surface area contributed by atoms with Crippen molar-refractivity contribution in [3.8, 4) is 44.5 Å². The number of hydrogen-bond acceptors (Lipinski definition) is 2. The van der Waals surface area contributed by atoms with Crippen LogP contribution in [0.4, 0.5) is 34.1 Å². The topological polar surface area (TPSA) is 6.48 Å². The molecule has 0 N–H and O–H groups in total. The van der Waals surface area contributed by atoms with Crippen molar-refractivity contribution < 1.29 is 0 Å². The average Bonchev–Trinajstić information content (AvgIpc) is 3.38. The summed E-state index contributed by atoms with van der Waals surface area (Å²) in [6.07, 6.45) is 0. The summed E-state index contributed by atoms with van der Waals surface area (Å²) < 4.78 is 0. The molecular formula is C63H46N2. The van der Waals surface area contributed by atoms with Crippen LogP contribution >= 0.6 is 0 Å². The fourth-order valence-electron chi connectivity index (χ4n) is 9.26. The van der Waals surface area contributed by atoms with Crippen molar-refractivity contribution in [3.05, 3.63) is 266 Å². The Morgan fingerprint density at radius 1 is 0.246 bits per heavy atom. The molecule has 308 valence electrons. The van der Waals surface area contributed by atoms with E-state index in [2.05, 4.69) is 278 Å². The predicted octanol–water partition coefficient (Wildman–Crippen LogP) is 17.9. The Kier molecular flexibility index (Phi) is 10.5. The molecule has 0 aliphatic rings. The van der Waals surface area contributed by atoms with E-state index >= 15 is 0 Å². The van der Waals surface area contributed by atoms with Crippen LogP contribution in [0.3, 0.4) is 0 Å². The van der Waals surface area contributed by atoms with Gasteiger partial charge in [0.15, 0.2) is 0 Å². The van der Waals surface area contributed by atoms with Gasteiger partial charge in [-0.15, -0.1) is 0 Å². The quantitative estimate of drug-likeness (QED) is 0.135. The van der Waals surface area contributed by atoms with Crippen LogP contribution in [0.25, 0.3) is 66.1 Å². The van der Waals surface area contributed by atoms with Crippen molar-refractivity contribution in [1.29, 1.82) is 0 Å². The zero-order valence-corrected chi connectivity index (χ0v) is 36.2. The molecule has 0 atom stereocenters. The molecule has 65 heavy (non-hydrogen) atoms. The highest BCUT2D eigenvalue weighted by Crippen LogP contribution is 2.43. The zero-order valence-electron chi connectivity index (χ0n) is 36.2. The molecule has 0 radical (unpaired) electrons. The highest BCUT2D eigenvalue weighted by Gasteiger charge is 2.19. The highest BCUT2D eigenvalue weighted by molar-refractivity contribution is 6.01. The van der Waals surface area contributed by atoms with Crippen molar-refractivity contribution in [2.75, 3.05) is 9.80 Å². The van der Waals surface area contributed by atoms with E-state index in [1.807, 2.05) is 0 Å². The van der Waals surface area contributed by atoms with E-state index in [-0.39, 0.29) is 0 Å². The lowest BCUT2D eigenvalue weighted by Gasteiger charge is -2.27. The number of nitrogens with zero attached hydrogens (tertiary/aromatic N) is 2. The minimum Gasteiger partial charge on any atom is -0.310 e. The van der Waals surface area contributed by atoms with Crippen molar-refractivity contribution in [2.24, 2.45) is 0 Å². The van der Waals surface area contributed by atoms with Gasteiger partial charge >= 0.3 is 0 Å². The molecular weight excluding hydrogens is 785 g/mol. The van der Waals surface area contributed by atoms with Crippen LogP contribution in [0.2, 0.25) is 0 Å². The van der Waals surface area contributed by atoms with E-state index in [1.54, 1.807) is 0 Å². The summed E-state index contributed by atoms with van der Waals surface area (Å²) in [6, 6.07) is 94.4. The summed E-state index contributed by atoms with van der Waals surface area (Å²) in [5.41, 5.74) is 17.5. The standard InChI is InChI=1S/C63H46N2/c1-45-26-43-58(52-31-39-56(40-32-52)64(62-24-12-20-50-18-8-10-22-59(50)62)54-35-27-48(28-36-54)46-14-4-2-5-15-46)61(44-45)53-33-41-57(42-34-53)65(63-25-13-21-51-19-9-11-23-60(51)63)55-37-29-49(30-38-55)47-16-6-3-7-17-47/h2-44H,1H3. The first-order valence-electron chi connectivity index (χ1n) is 22.3. The molecule has 2 nitrogen and oxygen atoms in total. The Balaban J connectivity index is 0.958. The second-order valence-corrected chi connectivity index (χ2v) is 16.6. The Labute approximate surface area is 381 Å². The molecule has 0 aromatic heterocycles. The van der Waals surface area contributed by atoms with Gasteiger partial charge in [-0.3, -0.25) is 0 Å². The molecule has 0 amide bonds. The molecule has 11 aromatic carbocycles. The summed E-state index contributed by atoms with van der Waals surface area (Å²) in [4.78, 5) is 4.76. The Hall–Kier alpha value is -8.46. The van der Waals surface area contributed by atoms with Gasteiger partial charge in [0, 0.05) is 33.5 Å². The first-order chi connectivity index (χ1) is 32.1. The number of benzene rings is 11. The molecule has 11 aromatic rings. The molecule has 0 unspecified atom stereocenters. The molecule has 11 rings (SSSR count). The summed E-state index contributed by atoms with van der Waals surface area (Å²) in [5, 5.41) is 4.84. The maximum absolute atomic E-state index is 2.38. The summed E-state index contributed by atoms with van der Waals surface area (Å²) >= 11 is 0. The number of rotatable bonds is 10. The molecule has 0 heterocycles. The molecule has 0 saturated carbocycles. The maximum Gasteiger partial charge on any atom is 0.0540 e. The second kappa shape index (κ2) is 17.4. The van der Waals surface area contributed by atoms with Gasteiger partial charge in [-0.1, -0.05) is 206 Å². The van der Waals surface area contributed by atoms with Gasteiger partial charge in [0.1, 0.15) is 0 Å².